The number of hydrogen-bond donors (Lipinski definition) is 1. The maximum Gasteiger partial charge on any atom is 0.256 e. The Labute approximate surface area is 181 Å². The Morgan fingerprint density at radius 2 is 1.83 bits per heavy atom. The zero-order valence-electron chi connectivity index (χ0n) is 17.3. The topological polar surface area (TPSA) is 75.2 Å². The fourth-order valence-corrected chi connectivity index (χ4v) is 5.39. The molecule has 0 unspecified atom stereocenters. The molecule has 2 amide bonds. The van der Waals surface area contributed by atoms with Crippen LogP contribution in [0.4, 0.5) is 5.82 Å². The Hall–Kier alpha value is -2.41. The van der Waals surface area contributed by atoms with Gasteiger partial charge in [0, 0.05) is 36.7 Å². The van der Waals surface area contributed by atoms with E-state index in [2.05, 4.69) is 15.3 Å². The lowest BCUT2D eigenvalue weighted by Crippen LogP contribution is -2.41. The van der Waals surface area contributed by atoms with Crippen LogP contribution in [0.2, 0.25) is 0 Å². The monoisotopic (exact) mass is 424 g/mol. The molecule has 1 aliphatic carbocycles. The fraction of sp³-hybridized carbons (Fsp3) is 0.478. The average molecular weight is 425 g/mol. The van der Waals surface area contributed by atoms with Crippen LogP contribution in [0.25, 0.3) is 0 Å². The van der Waals surface area contributed by atoms with Gasteiger partial charge >= 0.3 is 0 Å². The van der Waals surface area contributed by atoms with E-state index < -0.39 is 0 Å². The molecule has 30 heavy (non-hydrogen) atoms. The van der Waals surface area contributed by atoms with Gasteiger partial charge in [-0.25, -0.2) is 9.97 Å². The van der Waals surface area contributed by atoms with Gasteiger partial charge in [0.15, 0.2) is 0 Å². The number of anilines is 1. The van der Waals surface area contributed by atoms with Crippen molar-refractivity contribution in [1.82, 2.24) is 14.9 Å². The van der Waals surface area contributed by atoms with Crippen molar-refractivity contribution in [1.29, 1.82) is 0 Å². The SMILES string of the molecule is Cc1ccc(NC(=O)C2CCN(C(=O)c3cccnc3SC3CCCC3)CC2)nc1. The molecule has 1 N–H and O–H groups in total. The van der Waals surface area contributed by atoms with Crippen LogP contribution in [0.3, 0.4) is 0 Å². The summed E-state index contributed by atoms with van der Waals surface area (Å²) in [7, 11) is 0. The summed E-state index contributed by atoms with van der Waals surface area (Å²) in [6, 6.07) is 7.46. The van der Waals surface area contributed by atoms with E-state index in [-0.39, 0.29) is 17.7 Å². The minimum atomic E-state index is -0.0987. The summed E-state index contributed by atoms with van der Waals surface area (Å²) >= 11 is 1.75. The Kier molecular flexibility index (Phi) is 6.67. The van der Waals surface area contributed by atoms with Crippen molar-refractivity contribution in [3.05, 3.63) is 47.8 Å². The summed E-state index contributed by atoms with van der Waals surface area (Å²) in [6.45, 7) is 3.13. The van der Waals surface area contributed by atoms with Gasteiger partial charge in [-0.2, -0.15) is 0 Å². The lowest BCUT2D eigenvalue weighted by Gasteiger charge is -2.31. The highest BCUT2D eigenvalue weighted by atomic mass is 32.2. The number of aromatic nitrogens is 2. The Bertz CT molecular complexity index is 888. The molecule has 3 heterocycles. The van der Waals surface area contributed by atoms with Crippen molar-refractivity contribution in [2.75, 3.05) is 18.4 Å². The summed E-state index contributed by atoms with van der Waals surface area (Å²) in [5, 5.41) is 4.31. The summed E-state index contributed by atoms with van der Waals surface area (Å²) in [4.78, 5) is 36.3. The number of nitrogens with one attached hydrogen (secondary N) is 1. The van der Waals surface area contributed by atoms with Gasteiger partial charge in [0.25, 0.3) is 5.91 Å². The number of pyridine rings is 2. The van der Waals surface area contributed by atoms with Crippen LogP contribution >= 0.6 is 11.8 Å². The van der Waals surface area contributed by atoms with E-state index in [1.807, 2.05) is 36.1 Å². The van der Waals surface area contributed by atoms with Crippen molar-refractivity contribution in [3.8, 4) is 0 Å². The lowest BCUT2D eigenvalue weighted by atomic mass is 9.95. The van der Waals surface area contributed by atoms with E-state index in [0.29, 0.717) is 42.6 Å². The highest BCUT2D eigenvalue weighted by Gasteiger charge is 2.30. The zero-order chi connectivity index (χ0) is 20.9. The number of likely N-dealkylation sites (tertiary alicyclic amines) is 1. The third-order valence-electron chi connectivity index (χ3n) is 5.90. The number of carbonyl (C=O) groups is 2. The molecule has 1 saturated heterocycles. The van der Waals surface area contributed by atoms with Crippen molar-refractivity contribution in [2.24, 2.45) is 5.92 Å². The van der Waals surface area contributed by atoms with Gasteiger partial charge in [-0.3, -0.25) is 9.59 Å². The molecule has 1 saturated carbocycles. The third kappa shape index (κ3) is 5.01. The molecule has 158 valence electrons. The van der Waals surface area contributed by atoms with Crippen LogP contribution in [0.5, 0.6) is 0 Å². The second-order valence-electron chi connectivity index (χ2n) is 8.16. The summed E-state index contributed by atoms with van der Waals surface area (Å²) < 4.78 is 0. The summed E-state index contributed by atoms with van der Waals surface area (Å²) in [5.74, 6) is 0.492. The predicted molar refractivity (Wildman–Crippen MR) is 119 cm³/mol. The van der Waals surface area contributed by atoms with Crippen LogP contribution in [0.1, 0.15) is 54.4 Å². The molecule has 0 radical (unpaired) electrons. The average Bonchev–Trinajstić information content (AvgIpc) is 3.28. The molecule has 2 aromatic rings. The molecule has 2 aromatic heterocycles. The van der Waals surface area contributed by atoms with Gasteiger partial charge in [-0.15, -0.1) is 11.8 Å². The Morgan fingerprint density at radius 3 is 2.53 bits per heavy atom. The largest absolute Gasteiger partial charge is 0.339 e. The van der Waals surface area contributed by atoms with Gasteiger partial charge in [-0.05, 0) is 56.4 Å². The van der Waals surface area contributed by atoms with Crippen molar-refractivity contribution < 1.29 is 9.59 Å². The van der Waals surface area contributed by atoms with E-state index >= 15 is 0 Å². The first kappa shape index (κ1) is 20.8. The number of hydrogen-bond acceptors (Lipinski definition) is 5. The Morgan fingerprint density at radius 1 is 1.07 bits per heavy atom. The number of rotatable bonds is 5. The highest BCUT2D eigenvalue weighted by Crippen LogP contribution is 2.35. The van der Waals surface area contributed by atoms with E-state index in [9.17, 15) is 9.59 Å². The van der Waals surface area contributed by atoms with Crippen LogP contribution in [-0.4, -0.2) is 45.0 Å². The van der Waals surface area contributed by atoms with Gasteiger partial charge in [-0.1, -0.05) is 18.9 Å². The van der Waals surface area contributed by atoms with E-state index in [4.69, 9.17) is 0 Å². The molecule has 7 heteroatoms. The third-order valence-corrected chi connectivity index (χ3v) is 7.25. The first-order valence-corrected chi connectivity index (χ1v) is 11.6. The fourth-order valence-electron chi connectivity index (χ4n) is 4.10. The summed E-state index contributed by atoms with van der Waals surface area (Å²) in [6.07, 6.45) is 9.76. The smallest absolute Gasteiger partial charge is 0.256 e. The first-order valence-electron chi connectivity index (χ1n) is 10.7. The molecular formula is C23H28N4O2S. The molecule has 0 aromatic carbocycles. The minimum absolute atomic E-state index is 0.0164. The molecule has 2 aliphatic rings. The summed E-state index contributed by atoms with van der Waals surface area (Å²) in [5.41, 5.74) is 1.75. The van der Waals surface area contributed by atoms with E-state index in [1.165, 1.54) is 25.7 Å². The number of piperidine rings is 1. The van der Waals surface area contributed by atoms with Crippen molar-refractivity contribution in [3.63, 3.8) is 0 Å². The molecule has 2 fully saturated rings. The maximum atomic E-state index is 13.2. The molecule has 0 spiro atoms. The molecular weight excluding hydrogens is 396 g/mol. The number of nitrogens with zero attached hydrogens (tertiary/aromatic N) is 3. The van der Waals surface area contributed by atoms with Gasteiger partial charge < -0.3 is 10.2 Å². The van der Waals surface area contributed by atoms with Crippen LogP contribution in [0.15, 0.2) is 41.7 Å². The van der Waals surface area contributed by atoms with Gasteiger partial charge in [0.2, 0.25) is 5.91 Å². The van der Waals surface area contributed by atoms with Gasteiger partial charge in [0.1, 0.15) is 10.8 Å². The van der Waals surface area contributed by atoms with E-state index in [0.717, 1.165) is 10.6 Å². The number of carbonyl (C=O) groups excluding carboxylic acids is 2. The van der Waals surface area contributed by atoms with Crippen molar-refractivity contribution in [2.45, 2.75) is 55.7 Å². The second-order valence-corrected chi connectivity index (χ2v) is 9.45. The Balaban J connectivity index is 1.34. The molecule has 1 aliphatic heterocycles. The molecule has 6 nitrogen and oxygen atoms in total. The zero-order valence-corrected chi connectivity index (χ0v) is 18.2. The predicted octanol–water partition coefficient (Wildman–Crippen LogP) is 4.31. The standard InChI is InChI=1S/C23H28N4O2S/c1-16-8-9-20(25-15-16)26-21(28)17-10-13-27(14-11-17)23(29)19-7-4-12-24-22(19)30-18-5-2-3-6-18/h4,7-9,12,15,17-18H,2-3,5-6,10-11,13-14H2,1H3,(H,25,26,28). The second kappa shape index (κ2) is 9.60. The van der Waals surface area contributed by atoms with E-state index in [1.54, 1.807) is 24.2 Å². The minimum Gasteiger partial charge on any atom is -0.339 e. The number of aryl methyl sites for hydroxylation is 1. The first-order chi connectivity index (χ1) is 14.6. The number of amides is 2. The van der Waals surface area contributed by atoms with Crippen LogP contribution in [0, 0.1) is 12.8 Å². The molecule has 4 rings (SSSR count). The molecule has 0 bridgehead atoms. The quantitative estimate of drug-likeness (QED) is 0.774. The van der Waals surface area contributed by atoms with Crippen LogP contribution < -0.4 is 5.32 Å². The number of thioether (sulfide) groups is 1. The normalized spacial score (nSPS) is 17.8. The maximum absolute atomic E-state index is 13.2. The van der Waals surface area contributed by atoms with Gasteiger partial charge in [0.05, 0.1) is 5.56 Å². The van der Waals surface area contributed by atoms with Crippen LogP contribution in [-0.2, 0) is 4.79 Å². The van der Waals surface area contributed by atoms with Crippen molar-refractivity contribution >= 4 is 29.4 Å². The molecule has 0 atom stereocenters. The highest BCUT2D eigenvalue weighted by molar-refractivity contribution is 7.99. The lowest BCUT2D eigenvalue weighted by molar-refractivity contribution is -0.121.